The van der Waals surface area contributed by atoms with Crippen molar-refractivity contribution in [1.29, 1.82) is 0 Å². The van der Waals surface area contributed by atoms with Crippen molar-refractivity contribution in [2.75, 3.05) is 18.0 Å². The number of fused-ring (bicyclic) bond motifs is 1. The van der Waals surface area contributed by atoms with Crippen molar-refractivity contribution in [2.45, 2.75) is 50.2 Å². The molecule has 1 fully saturated rings. The Hall–Kier alpha value is -4.03. The van der Waals surface area contributed by atoms with E-state index >= 15 is 0 Å². The number of rotatable bonds is 7. The number of nitrogens with zero attached hydrogens (tertiary/aromatic N) is 4. The first kappa shape index (κ1) is 28.5. The highest BCUT2D eigenvalue weighted by Crippen LogP contribution is 2.25. The molecular formula is C29H31F2N5O4S. The first-order valence-corrected chi connectivity index (χ1v) is 14.6. The molecule has 1 saturated heterocycles. The minimum atomic E-state index is -4.84. The van der Waals surface area contributed by atoms with Crippen molar-refractivity contribution >= 4 is 32.5 Å². The smallest absolute Gasteiger partial charge is 0.341 e. The maximum atomic E-state index is 13.1. The average molecular weight is 584 g/mol. The van der Waals surface area contributed by atoms with Crippen molar-refractivity contribution in [3.8, 4) is 11.4 Å². The van der Waals surface area contributed by atoms with E-state index in [0.29, 0.717) is 16.9 Å². The maximum Gasteiger partial charge on any atom is 0.341 e. The summed E-state index contributed by atoms with van der Waals surface area (Å²) in [5.74, 6) is -3.35. The molecule has 9 nitrogen and oxygen atoms in total. The quantitative estimate of drug-likeness (QED) is 0.331. The zero-order chi connectivity index (χ0) is 29.3. The molecule has 1 aliphatic heterocycles. The van der Waals surface area contributed by atoms with Gasteiger partial charge in [-0.25, -0.2) is 18.4 Å². The number of amides is 1. The first-order chi connectivity index (χ1) is 19.5. The van der Waals surface area contributed by atoms with Gasteiger partial charge in [0.25, 0.3) is 5.91 Å². The third-order valence-electron chi connectivity index (χ3n) is 6.79. The number of sulfone groups is 1. The molecule has 1 aromatic carbocycles. The molecule has 216 valence electrons. The van der Waals surface area contributed by atoms with Gasteiger partial charge in [-0.2, -0.15) is 8.78 Å². The molecular weight excluding hydrogens is 552 g/mol. The van der Waals surface area contributed by atoms with E-state index in [-0.39, 0.29) is 31.3 Å². The number of aryl methyl sites for hydroxylation is 1. The van der Waals surface area contributed by atoms with Crippen molar-refractivity contribution in [3.63, 3.8) is 0 Å². The number of pyridine rings is 3. The van der Waals surface area contributed by atoms with Gasteiger partial charge in [-0.3, -0.25) is 9.78 Å². The molecule has 0 aliphatic carbocycles. The molecule has 4 aromatic rings. The van der Waals surface area contributed by atoms with E-state index in [4.69, 9.17) is 14.7 Å². The van der Waals surface area contributed by atoms with Gasteiger partial charge < -0.3 is 15.0 Å². The zero-order valence-electron chi connectivity index (χ0n) is 22.7. The van der Waals surface area contributed by atoms with Gasteiger partial charge in [0.05, 0.1) is 46.2 Å². The molecule has 1 N–H and O–H groups in total. The van der Waals surface area contributed by atoms with Crippen LogP contribution in [0.2, 0.25) is 0 Å². The molecule has 3 aromatic heterocycles. The Kier molecular flexibility index (Phi) is 7.96. The van der Waals surface area contributed by atoms with Crippen LogP contribution in [0, 0.1) is 6.92 Å². The Labute approximate surface area is 238 Å². The number of hydrogen-bond acceptors (Lipinski definition) is 8. The summed E-state index contributed by atoms with van der Waals surface area (Å²) in [6.45, 7) is 7.00. The number of anilines is 1. The highest BCUT2D eigenvalue weighted by molar-refractivity contribution is 7.91. The van der Waals surface area contributed by atoms with Gasteiger partial charge in [0.2, 0.25) is 9.84 Å². The van der Waals surface area contributed by atoms with Crippen LogP contribution in [0.3, 0.4) is 0 Å². The number of benzene rings is 1. The number of hydrogen-bond donors (Lipinski definition) is 1. The third-order valence-corrected chi connectivity index (χ3v) is 8.31. The molecule has 2 atom stereocenters. The lowest BCUT2D eigenvalue weighted by molar-refractivity contribution is -0.00545. The number of nitrogens with one attached hydrogen (secondary N) is 1. The maximum absolute atomic E-state index is 13.1. The summed E-state index contributed by atoms with van der Waals surface area (Å²) in [5, 5.41) is 3.47. The Balaban J connectivity index is 0.00000405. The van der Waals surface area contributed by atoms with Crippen LogP contribution in [-0.4, -0.2) is 60.3 Å². The Morgan fingerprint density at radius 3 is 2.54 bits per heavy atom. The molecule has 5 rings (SSSR count). The number of ether oxygens (including phenoxy) is 1. The van der Waals surface area contributed by atoms with Gasteiger partial charge in [0.1, 0.15) is 5.82 Å². The fourth-order valence-corrected chi connectivity index (χ4v) is 5.82. The predicted octanol–water partition coefficient (Wildman–Crippen LogP) is 4.79. The van der Waals surface area contributed by atoms with Crippen LogP contribution in [0.15, 0.2) is 65.7 Å². The SMILES string of the molecule is Cc1ccc(C(=O)NCc2cc3nc(-c4cccc(N5C[C@@H](C)O[C@@H](C)C5)n4)ccc3cn2)cc1S(=O)(=O)C(F)F.[HH]. The van der Waals surface area contributed by atoms with Crippen molar-refractivity contribution in [3.05, 3.63) is 77.6 Å². The molecule has 0 unspecified atom stereocenters. The highest BCUT2D eigenvalue weighted by Gasteiger charge is 2.29. The number of carbonyl (C=O) groups excluding carboxylic acids is 1. The van der Waals surface area contributed by atoms with Crippen LogP contribution < -0.4 is 10.2 Å². The van der Waals surface area contributed by atoms with Gasteiger partial charge >= 0.3 is 5.76 Å². The molecule has 1 amide bonds. The lowest BCUT2D eigenvalue weighted by Gasteiger charge is -2.36. The normalized spacial score (nSPS) is 17.7. The van der Waals surface area contributed by atoms with E-state index in [1.54, 1.807) is 12.3 Å². The number of carbonyl (C=O) groups is 1. The Morgan fingerprint density at radius 2 is 1.80 bits per heavy atom. The van der Waals surface area contributed by atoms with E-state index < -0.39 is 26.4 Å². The fraction of sp³-hybridized carbons (Fsp3) is 0.310. The summed E-state index contributed by atoms with van der Waals surface area (Å²) < 4.78 is 55.9. The summed E-state index contributed by atoms with van der Waals surface area (Å²) in [6, 6.07) is 15.0. The second-order valence-electron chi connectivity index (χ2n) is 10.1. The Bertz CT molecular complexity index is 1710. The average Bonchev–Trinajstić information content (AvgIpc) is 2.95. The molecule has 0 radical (unpaired) electrons. The molecule has 41 heavy (non-hydrogen) atoms. The second-order valence-corrected chi connectivity index (χ2v) is 12.0. The minimum Gasteiger partial charge on any atom is -0.372 e. The lowest BCUT2D eigenvalue weighted by Crippen LogP contribution is -2.45. The number of alkyl halides is 2. The van der Waals surface area contributed by atoms with E-state index in [0.717, 1.165) is 36.1 Å². The minimum absolute atomic E-state index is 0. The molecule has 1 aliphatic rings. The van der Waals surface area contributed by atoms with Crippen molar-refractivity contribution < 1.29 is 28.2 Å². The fourth-order valence-electron chi connectivity index (χ4n) is 4.82. The van der Waals surface area contributed by atoms with Crippen LogP contribution in [0.25, 0.3) is 22.3 Å². The molecule has 12 heteroatoms. The second kappa shape index (κ2) is 11.5. The highest BCUT2D eigenvalue weighted by atomic mass is 32.2. The van der Waals surface area contributed by atoms with Crippen LogP contribution in [0.4, 0.5) is 14.6 Å². The summed E-state index contributed by atoms with van der Waals surface area (Å²) >= 11 is 0. The number of aromatic nitrogens is 3. The Morgan fingerprint density at radius 1 is 1.07 bits per heavy atom. The number of halogens is 2. The van der Waals surface area contributed by atoms with Gasteiger partial charge in [-0.05, 0) is 68.8 Å². The molecule has 0 spiro atoms. The van der Waals surface area contributed by atoms with Crippen molar-refractivity contribution in [2.24, 2.45) is 0 Å². The van der Waals surface area contributed by atoms with Gasteiger partial charge in [0, 0.05) is 31.7 Å². The zero-order valence-corrected chi connectivity index (χ0v) is 23.5. The van der Waals surface area contributed by atoms with Crippen LogP contribution in [0.5, 0.6) is 0 Å². The summed E-state index contributed by atoms with van der Waals surface area (Å²) in [5.41, 5.74) is 2.66. The number of morpholine rings is 1. The monoisotopic (exact) mass is 583 g/mol. The topological polar surface area (TPSA) is 114 Å². The van der Waals surface area contributed by atoms with E-state index in [2.05, 4.69) is 15.2 Å². The standard InChI is InChI=1S/C29H29F2N5O4S.H2/c1-17-7-8-20(11-26(17)41(38,39)29(30)31)28(37)33-14-22-12-25-21(13-32-22)9-10-24(34-25)23-5-4-6-27(35-23)36-15-18(2)40-19(3)16-36;/h4-13,18-19,29H,14-16H2,1-3H3,(H,33,37);1H/t18-,19+;. The van der Waals surface area contributed by atoms with Gasteiger partial charge in [0.15, 0.2) is 0 Å². The van der Waals surface area contributed by atoms with E-state index in [9.17, 15) is 22.0 Å². The van der Waals surface area contributed by atoms with Crippen LogP contribution >= 0.6 is 0 Å². The molecule has 0 bridgehead atoms. The molecule has 4 heterocycles. The third kappa shape index (κ3) is 6.18. The predicted molar refractivity (Wildman–Crippen MR) is 153 cm³/mol. The first-order valence-electron chi connectivity index (χ1n) is 13.1. The molecule has 0 saturated carbocycles. The summed E-state index contributed by atoms with van der Waals surface area (Å²) in [4.78, 5) is 28.4. The summed E-state index contributed by atoms with van der Waals surface area (Å²) in [7, 11) is -4.84. The lowest BCUT2D eigenvalue weighted by atomic mass is 10.1. The van der Waals surface area contributed by atoms with Crippen LogP contribution in [0.1, 0.15) is 36.9 Å². The van der Waals surface area contributed by atoms with Gasteiger partial charge in [-0.15, -0.1) is 0 Å². The van der Waals surface area contributed by atoms with E-state index in [1.807, 2.05) is 44.2 Å². The van der Waals surface area contributed by atoms with E-state index in [1.165, 1.54) is 19.1 Å². The van der Waals surface area contributed by atoms with Crippen molar-refractivity contribution in [1.82, 2.24) is 20.3 Å². The largest absolute Gasteiger partial charge is 0.372 e. The van der Waals surface area contributed by atoms with Gasteiger partial charge in [-0.1, -0.05) is 12.1 Å². The summed E-state index contributed by atoms with van der Waals surface area (Å²) in [6.07, 6.45) is 1.86. The van der Waals surface area contributed by atoms with Crippen LogP contribution in [-0.2, 0) is 21.1 Å².